The topological polar surface area (TPSA) is 45.6 Å². The first-order valence-corrected chi connectivity index (χ1v) is 7.64. The second-order valence-electron chi connectivity index (χ2n) is 6.15. The highest BCUT2D eigenvalue weighted by molar-refractivity contribution is 5.16. The highest BCUT2D eigenvalue weighted by Crippen LogP contribution is 2.32. The van der Waals surface area contributed by atoms with E-state index in [9.17, 15) is 5.11 Å². The quantitative estimate of drug-likeness (QED) is 0.913. The van der Waals surface area contributed by atoms with Crippen molar-refractivity contribution in [1.29, 1.82) is 0 Å². The Morgan fingerprint density at radius 2 is 2.30 bits per heavy atom. The van der Waals surface area contributed by atoms with Crippen LogP contribution in [0.4, 0.5) is 0 Å². The number of nitrogens with zero attached hydrogens (tertiary/aromatic N) is 2. The van der Waals surface area contributed by atoms with E-state index in [0.29, 0.717) is 12.0 Å². The molecule has 2 fully saturated rings. The number of ether oxygens (including phenoxy) is 1. The van der Waals surface area contributed by atoms with Gasteiger partial charge < -0.3 is 9.84 Å². The normalized spacial score (nSPS) is 31.6. The largest absolute Gasteiger partial charge is 0.393 e. The van der Waals surface area contributed by atoms with Crippen molar-refractivity contribution in [3.63, 3.8) is 0 Å². The van der Waals surface area contributed by atoms with Gasteiger partial charge >= 0.3 is 0 Å². The molecule has 2 heterocycles. The number of hydrogen-bond donors (Lipinski definition) is 1. The number of hydrogen-bond acceptors (Lipinski definition) is 4. The number of aliphatic hydroxyl groups excluding tert-OH is 1. The molecule has 0 bridgehead atoms. The molecular formula is C16H24N2O2. The van der Waals surface area contributed by atoms with Gasteiger partial charge in [0, 0.05) is 37.4 Å². The van der Waals surface area contributed by atoms with E-state index in [1.54, 1.807) is 0 Å². The zero-order chi connectivity index (χ0) is 13.9. The Morgan fingerprint density at radius 3 is 3.05 bits per heavy atom. The van der Waals surface area contributed by atoms with Crippen molar-refractivity contribution in [3.8, 4) is 0 Å². The smallest absolute Gasteiger partial charge is 0.0626 e. The summed E-state index contributed by atoms with van der Waals surface area (Å²) in [5.41, 5.74) is 2.46. The molecule has 4 nitrogen and oxygen atoms in total. The van der Waals surface area contributed by atoms with Gasteiger partial charge in [-0.15, -0.1) is 0 Å². The Kier molecular flexibility index (Phi) is 4.34. The lowest BCUT2D eigenvalue weighted by Gasteiger charge is -2.40. The van der Waals surface area contributed by atoms with Crippen LogP contribution in [-0.4, -0.2) is 46.9 Å². The minimum atomic E-state index is -0.153. The van der Waals surface area contributed by atoms with Crippen LogP contribution >= 0.6 is 0 Å². The molecule has 2 aliphatic rings. The van der Waals surface area contributed by atoms with Gasteiger partial charge in [0.2, 0.25) is 0 Å². The van der Waals surface area contributed by atoms with Gasteiger partial charge in [-0.1, -0.05) is 12.5 Å². The number of aromatic nitrogens is 1. The third-order valence-corrected chi connectivity index (χ3v) is 4.62. The highest BCUT2D eigenvalue weighted by Gasteiger charge is 2.37. The number of morpholine rings is 1. The molecular weight excluding hydrogens is 252 g/mol. The molecule has 110 valence electrons. The van der Waals surface area contributed by atoms with Gasteiger partial charge in [0.25, 0.3) is 0 Å². The van der Waals surface area contributed by atoms with Crippen molar-refractivity contribution in [2.24, 2.45) is 5.92 Å². The maximum absolute atomic E-state index is 10.2. The lowest BCUT2D eigenvalue weighted by atomic mass is 9.94. The Hall–Kier alpha value is -0.970. The second kappa shape index (κ2) is 6.20. The Morgan fingerprint density at radius 1 is 1.40 bits per heavy atom. The van der Waals surface area contributed by atoms with Gasteiger partial charge in [0.15, 0.2) is 0 Å². The van der Waals surface area contributed by atoms with E-state index in [4.69, 9.17) is 4.74 Å². The monoisotopic (exact) mass is 276 g/mol. The molecule has 1 saturated heterocycles. The van der Waals surface area contributed by atoms with Crippen LogP contribution < -0.4 is 0 Å². The average molecular weight is 276 g/mol. The van der Waals surface area contributed by atoms with Gasteiger partial charge in [0.1, 0.15) is 0 Å². The Bertz CT molecular complexity index is 452. The molecule has 0 unspecified atom stereocenters. The summed E-state index contributed by atoms with van der Waals surface area (Å²) >= 11 is 0. The third kappa shape index (κ3) is 3.03. The summed E-state index contributed by atoms with van der Waals surface area (Å²) in [7, 11) is 0. The maximum Gasteiger partial charge on any atom is 0.0626 e. The summed E-state index contributed by atoms with van der Waals surface area (Å²) in [6, 6.07) is 2.55. The molecule has 1 N–H and O–H groups in total. The number of rotatable bonds is 3. The lowest BCUT2D eigenvalue weighted by molar-refractivity contribution is -0.0536. The SMILES string of the molecule is Cc1cncc(CN2CCOC[C@@H]2[C@H]2CCC[C@@H]2O)c1. The lowest BCUT2D eigenvalue weighted by Crippen LogP contribution is -2.50. The van der Waals surface area contributed by atoms with E-state index in [0.717, 1.165) is 45.6 Å². The molecule has 1 aliphatic heterocycles. The van der Waals surface area contributed by atoms with Crippen molar-refractivity contribution in [3.05, 3.63) is 29.6 Å². The molecule has 1 aromatic heterocycles. The molecule has 1 aliphatic carbocycles. The minimum Gasteiger partial charge on any atom is -0.393 e. The summed E-state index contributed by atoms with van der Waals surface area (Å²) in [5, 5.41) is 10.2. The predicted molar refractivity (Wildman–Crippen MR) is 77.3 cm³/mol. The fraction of sp³-hybridized carbons (Fsp3) is 0.688. The van der Waals surface area contributed by atoms with Crippen LogP contribution in [0.1, 0.15) is 30.4 Å². The van der Waals surface area contributed by atoms with Crippen molar-refractivity contribution in [1.82, 2.24) is 9.88 Å². The molecule has 0 spiro atoms. The average Bonchev–Trinajstić information content (AvgIpc) is 2.86. The molecule has 4 heteroatoms. The summed E-state index contributed by atoms with van der Waals surface area (Å²) in [4.78, 5) is 6.75. The Labute approximate surface area is 120 Å². The standard InChI is InChI=1S/C16H24N2O2/c1-12-7-13(9-17-8-12)10-18-5-6-20-11-15(18)14-3-2-4-16(14)19/h7-9,14-16,19H,2-6,10-11H2,1H3/t14-,15-,16+/m1/s1. The van der Waals surface area contributed by atoms with Crippen LogP contribution in [0.3, 0.4) is 0 Å². The first kappa shape index (κ1) is 14.0. The number of aryl methyl sites for hydroxylation is 1. The minimum absolute atomic E-state index is 0.153. The van der Waals surface area contributed by atoms with E-state index >= 15 is 0 Å². The fourth-order valence-electron chi connectivity index (χ4n) is 3.60. The molecule has 0 amide bonds. The zero-order valence-electron chi connectivity index (χ0n) is 12.2. The van der Waals surface area contributed by atoms with Gasteiger partial charge in [-0.05, 0) is 30.9 Å². The summed E-state index contributed by atoms with van der Waals surface area (Å²) < 4.78 is 5.67. The molecule has 0 aromatic carbocycles. The summed E-state index contributed by atoms with van der Waals surface area (Å²) in [6.45, 7) is 5.47. The maximum atomic E-state index is 10.2. The van der Waals surface area contributed by atoms with Crippen LogP contribution in [0, 0.1) is 12.8 Å². The van der Waals surface area contributed by atoms with E-state index in [2.05, 4.69) is 22.9 Å². The molecule has 3 atom stereocenters. The first-order chi connectivity index (χ1) is 9.74. The van der Waals surface area contributed by atoms with E-state index in [1.165, 1.54) is 11.1 Å². The molecule has 3 rings (SSSR count). The zero-order valence-corrected chi connectivity index (χ0v) is 12.2. The summed E-state index contributed by atoms with van der Waals surface area (Å²) in [6.07, 6.45) is 6.90. The number of aliphatic hydroxyl groups is 1. The third-order valence-electron chi connectivity index (χ3n) is 4.62. The van der Waals surface area contributed by atoms with Crippen molar-refractivity contribution in [2.45, 2.75) is 44.9 Å². The highest BCUT2D eigenvalue weighted by atomic mass is 16.5. The van der Waals surface area contributed by atoms with Crippen LogP contribution in [0.2, 0.25) is 0 Å². The van der Waals surface area contributed by atoms with Gasteiger partial charge in [-0.25, -0.2) is 0 Å². The molecule has 0 radical (unpaired) electrons. The summed E-state index contributed by atoms with van der Waals surface area (Å²) in [5.74, 6) is 0.369. The van der Waals surface area contributed by atoms with Crippen LogP contribution in [0.15, 0.2) is 18.5 Å². The van der Waals surface area contributed by atoms with Gasteiger partial charge in [-0.3, -0.25) is 9.88 Å². The number of pyridine rings is 1. The molecule has 20 heavy (non-hydrogen) atoms. The molecule has 1 aromatic rings. The second-order valence-corrected chi connectivity index (χ2v) is 6.15. The Balaban J connectivity index is 1.72. The van der Waals surface area contributed by atoms with Crippen molar-refractivity contribution >= 4 is 0 Å². The van der Waals surface area contributed by atoms with Crippen LogP contribution in [0.5, 0.6) is 0 Å². The van der Waals surface area contributed by atoms with E-state index in [1.807, 2.05) is 12.4 Å². The fourth-order valence-corrected chi connectivity index (χ4v) is 3.60. The predicted octanol–water partition coefficient (Wildman–Crippen LogP) is 1.75. The van der Waals surface area contributed by atoms with Crippen LogP contribution in [-0.2, 0) is 11.3 Å². The van der Waals surface area contributed by atoms with Crippen molar-refractivity contribution < 1.29 is 9.84 Å². The van der Waals surface area contributed by atoms with E-state index in [-0.39, 0.29) is 6.10 Å². The van der Waals surface area contributed by atoms with Crippen molar-refractivity contribution in [2.75, 3.05) is 19.8 Å². The van der Waals surface area contributed by atoms with Gasteiger partial charge in [-0.2, -0.15) is 0 Å². The molecule has 1 saturated carbocycles. The van der Waals surface area contributed by atoms with E-state index < -0.39 is 0 Å². The first-order valence-electron chi connectivity index (χ1n) is 7.64. The van der Waals surface area contributed by atoms with Crippen LogP contribution in [0.25, 0.3) is 0 Å². The van der Waals surface area contributed by atoms with Gasteiger partial charge in [0.05, 0.1) is 19.3 Å².